The number of aromatic nitrogens is 1. The van der Waals surface area contributed by atoms with Crippen LogP contribution in [0.2, 0.25) is 0 Å². The summed E-state index contributed by atoms with van der Waals surface area (Å²) in [6, 6.07) is 76.2. The molecule has 0 saturated carbocycles. The highest BCUT2D eigenvalue weighted by molar-refractivity contribution is 6.27. The van der Waals surface area contributed by atoms with Crippen molar-refractivity contribution in [1.29, 1.82) is 0 Å². The highest BCUT2D eigenvalue weighted by Gasteiger charge is 2.50. The lowest BCUT2D eigenvalue weighted by molar-refractivity contribution is 0.783. The van der Waals surface area contributed by atoms with E-state index >= 15 is 0 Å². The van der Waals surface area contributed by atoms with E-state index in [1.807, 2.05) is 0 Å². The zero-order valence-corrected chi connectivity index (χ0v) is 30.0. The van der Waals surface area contributed by atoms with Crippen LogP contribution < -0.4 is 4.90 Å². The van der Waals surface area contributed by atoms with E-state index in [2.05, 4.69) is 216 Å². The Hall–Kier alpha value is -7.16. The average molecular weight is 699 g/mol. The zero-order valence-electron chi connectivity index (χ0n) is 30.0. The van der Waals surface area contributed by atoms with Gasteiger partial charge in [-0.2, -0.15) is 0 Å². The quantitative estimate of drug-likeness (QED) is 0.174. The molecule has 2 aliphatic rings. The van der Waals surface area contributed by atoms with Gasteiger partial charge in [-0.05, 0) is 104 Å². The number of anilines is 3. The fourth-order valence-corrected chi connectivity index (χ4v) is 10.1. The first-order valence-electron chi connectivity index (χ1n) is 19.1. The van der Waals surface area contributed by atoms with Crippen LogP contribution in [0.1, 0.15) is 22.3 Å². The number of rotatable bonds is 5. The van der Waals surface area contributed by atoms with E-state index in [0.717, 1.165) is 17.1 Å². The minimum absolute atomic E-state index is 0.535. The first-order valence-corrected chi connectivity index (χ1v) is 19.1. The van der Waals surface area contributed by atoms with Gasteiger partial charge in [0.05, 0.1) is 22.1 Å². The van der Waals surface area contributed by atoms with Gasteiger partial charge in [-0.1, -0.05) is 152 Å². The number of nitrogens with zero attached hydrogens (tertiary/aromatic N) is 2. The van der Waals surface area contributed by atoms with Gasteiger partial charge in [0.15, 0.2) is 0 Å². The van der Waals surface area contributed by atoms with Crippen molar-refractivity contribution in [2.45, 2.75) is 5.41 Å². The van der Waals surface area contributed by atoms with Crippen molar-refractivity contribution in [2.75, 3.05) is 4.90 Å². The summed E-state index contributed by atoms with van der Waals surface area (Å²) in [5.41, 5.74) is 16.9. The van der Waals surface area contributed by atoms with Crippen molar-refractivity contribution in [1.82, 2.24) is 4.57 Å². The molecule has 9 aromatic carbocycles. The molecule has 1 spiro atoms. The van der Waals surface area contributed by atoms with Crippen molar-refractivity contribution >= 4 is 49.6 Å². The molecule has 12 rings (SSSR count). The Kier molecular flexibility index (Phi) is 6.29. The third-order valence-corrected chi connectivity index (χ3v) is 12.1. The first-order chi connectivity index (χ1) is 27.3. The van der Waals surface area contributed by atoms with Crippen LogP contribution in [-0.4, -0.2) is 4.57 Å². The molecule has 1 heterocycles. The van der Waals surface area contributed by atoms with Crippen molar-refractivity contribution in [3.63, 3.8) is 0 Å². The maximum Gasteiger partial charge on any atom is 0.0727 e. The molecule has 0 saturated heterocycles. The van der Waals surface area contributed by atoms with Crippen molar-refractivity contribution in [2.24, 2.45) is 0 Å². The summed E-state index contributed by atoms with van der Waals surface area (Å²) in [5, 5.41) is 5.23. The summed E-state index contributed by atoms with van der Waals surface area (Å²) >= 11 is 0. The fraction of sp³-hybridized carbons (Fsp3) is 0.0189. The van der Waals surface area contributed by atoms with Crippen LogP contribution in [0.5, 0.6) is 0 Å². The number of hydrogen-bond donors (Lipinski definition) is 0. The van der Waals surface area contributed by atoms with E-state index in [1.54, 1.807) is 0 Å². The van der Waals surface area contributed by atoms with Crippen LogP contribution in [0.3, 0.4) is 0 Å². The molecule has 0 atom stereocenters. The minimum Gasteiger partial charge on any atom is -0.310 e. The fourth-order valence-electron chi connectivity index (χ4n) is 10.1. The second kappa shape index (κ2) is 11.4. The Morgan fingerprint density at radius 2 is 0.891 bits per heavy atom. The van der Waals surface area contributed by atoms with Gasteiger partial charge in [0, 0.05) is 33.4 Å². The normalized spacial score (nSPS) is 13.2. The third-order valence-electron chi connectivity index (χ3n) is 12.1. The first kappa shape index (κ1) is 30.3. The van der Waals surface area contributed by atoms with Gasteiger partial charge < -0.3 is 9.47 Å². The lowest BCUT2D eigenvalue weighted by Gasteiger charge is -2.39. The molecule has 0 fully saturated rings. The number of hydrogen-bond acceptors (Lipinski definition) is 1. The molecular formula is C53H34N2. The molecule has 0 unspecified atom stereocenters. The molecule has 256 valence electrons. The van der Waals surface area contributed by atoms with Crippen molar-refractivity contribution in [3.05, 3.63) is 229 Å². The average Bonchev–Trinajstić information content (AvgIpc) is 3.75. The smallest absolute Gasteiger partial charge is 0.0727 e. The maximum absolute atomic E-state index is 2.53. The highest BCUT2D eigenvalue weighted by atomic mass is 15.1. The Balaban J connectivity index is 1.27. The zero-order chi connectivity index (χ0) is 36.1. The highest BCUT2D eigenvalue weighted by Crippen LogP contribution is 2.63. The second-order valence-corrected chi connectivity index (χ2v) is 14.8. The number of fused-ring (bicyclic) bond motifs is 7. The standard InChI is InChI=1S/C53H34N2/c1-4-17-35(18-5-1)40-23-12-15-29-47(40)55-48-30-16-28-45-51(48)52-49(55)32-31-36-33-39(54(37-19-6-2-7-20-37)38-21-8-3-9-22-38)34-46(50(36)52)53(45)43-26-13-10-24-41(43)42-25-11-14-27-44(42)53/h1-34H. The van der Waals surface area contributed by atoms with Crippen LogP contribution >= 0.6 is 0 Å². The third kappa shape index (κ3) is 4.03. The van der Waals surface area contributed by atoms with Gasteiger partial charge in [-0.15, -0.1) is 0 Å². The molecule has 55 heavy (non-hydrogen) atoms. The summed E-state index contributed by atoms with van der Waals surface area (Å²) in [6.45, 7) is 0. The summed E-state index contributed by atoms with van der Waals surface area (Å²) < 4.78 is 2.53. The minimum atomic E-state index is -0.535. The molecule has 2 nitrogen and oxygen atoms in total. The van der Waals surface area contributed by atoms with Gasteiger partial charge in [-0.3, -0.25) is 0 Å². The Bertz CT molecular complexity index is 3050. The largest absolute Gasteiger partial charge is 0.310 e. The summed E-state index contributed by atoms with van der Waals surface area (Å²) in [7, 11) is 0. The van der Waals surface area contributed by atoms with E-state index in [4.69, 9.17) is 0 Å². The molecule has 10 aromatic rings. The molecule has 2 heteroatoms. The van der Waals surface area contributed by atoms with E-state index in [-0.39, 0.29) is 0 Å². The Labute approximate surface area is 319 Å². The van der Waals surface area contributed by atoms with Crippen LogP contribution in [-0.2, 0) is 5.41 Å². The van der Waals surface area contributed by atoms with Gasteiger partial charge in [0.25, 0.3) is 0 Å². The molecule has 0 aliphatic heterocycles. The molecule has 2 aliphatic carbocycles. The molecule has 0 radical (unpaired) electrons. The topological polar surface area (TPSA) is 8.17 Å². The SMILES string of the molecule is c1ccc(-c2ccccc2-n2c3cccc4c3c3c5c(cc(N(c6ccccc6)c6ccccc6)cc5ccc32)C42c3ccccc3-c3ccccc32)cc1. The van der Waals surface area contributed by atoms with Gasteiger partial charge in [-0.25, -0.2) is 0 Å². The van der Waals surface area contributed by atoms with Crippen LogP contribution in [0.4, 0.5) is 17.1 Å². The van der Waals surface area contributed by atoms with E-state index in [0.29, 0.717) is 0 Å². The number of benzene rings is 9. The summed E-state index contributed by atoms with van der Waals surface area (Å²) in [5.74, 6) is 0. The van der Waals surface area contributed by atoms with Crippen LogP contribution in [0.15, 0.2) is 206 Å². The Morgan fingerprint density at radius 3 is 1.56 bits per heavy atom. The molecule has 0 N–H and O–H groups in total. The summed E-state index contributed by atoms with van der Waals surface area (Å²) in [6.07, 6.45) is 0. The Morgan fingerprint density at radius 1 is 0.345 bits per heavy atom. The van der Waals surface area contributed by atoms with Crippen LogP contribution in [0, 0.1) is 0 Å². The molecular weight excluding hydrogens is 665 g/mol. The van der Waals surface area contributed by atoms with Gasteiger partial charge >= 0.3 is 0 Å². The molecule has 0 amide bonds. The predicted molar refractivity (Wildman–Crippen MR) is 229 cm³/mol. The van der Waals surface area contributed by atoms with Crippen molar-refractivity contribution < 1.29 is 0 Å². The van der Waals surface area contributed by atoms with Gasteiger partial charge in [0.2, 0.25) is 0 Å². The lowest BCUT2D eigenvalue weighted by Crippen LogP contribution is -2.31. The van der Waals surface area contributed by atoms with E-state index < -0.39 is 5.41 Å². The maximum atomic E-state index is 2.53. The monoisotopic (exact) mass is 698 g/mol. The predicted octanol–water partition coefficient (Wildman–Crippen LogP) is 13.8. The van der Waals surface area contributed by atoms with Crippen molar-refractivity contribution in [3.8, 4) is 27.9 Å². The van der Waals surface area contributed by atoms with Crippen LogP contribution in [0.25, 0.3) is 60.5 Å². The van der Waals surface area contributed by atoms with Gasteiger partial charge in [0.1, 0.15) is 0 Å². The molecule has 0 bridgehead atoms. The van der Waals surface area contributed by atoms with E-state index in [1.165, 1.54) is 82.8 Å². The van der Waals surface area contributed by atoms with E-state index in [9.17, 15) is 0 Å². The number of para-hydroxylation sites is 3. The summed E-state index contributed by atoms with van der Waals surface area (Å²) in [4.78, 5) is 2.41. The molecule has 1 aromatic heterocycles. The second-order valence-electron chi connectivity index (χ2n) is 14.8. The lowest BCUT2D eigenvalue weighted by atomic mass is 9.63.